The summed E-state index contributed by atoms with van der Waals surface area (Å²) in [6, 6.07) is 6.91. The van der Waals surface area contributed by atoms with Gasteiger partial charge in [-0.25, -0.2) is 5.84 Å². The lowest BCUT2D eigenvalue weighted by molar-refractivity contribution is 0.0953. The minimum Gasteiger partial charge on any atom is -0.389 e. The number of nitrogen functional groups attached to an aromatic ring is 1. The number of nitrogens with two attached hydrogens (primary N) is 2. The van der Waals surface area contributed by atoms with Crippen molar-refractivity contribution in [2.45, 2.75) is 13.3 Å². The third kappa shape index (κ3) is 5.64. The standard InChI is InChI=1S/C8H10N2S.C6H7N3O/c1-2-7-5-6(8(9)11)3-4-10-7;7-9-6(10)5-1-3-8-4-2-5/h3-5H,2H2,1H3,(H2,9,11);1-4H,7H2,(H,9,10). The zero-order chi connectivity index (χ0) is 15.7. The number of aromatic nitrogens is 2. The summed E-state index contributed by atoms with van der Waals surface area (Å²) < 4.78 is 0. The Morgan fingerprint density at radius 1 is 1.24 bits per heavy atom. The van der Waals surface area contributed by atoms with Crippen molar-refractivity contribution in [3.05, 3.63) is 59.7 Å². The molecule has 21 heavy (non-hydrogen) atoms. The molecule has 0 atom stereocenters. The largest absolute Gasteiger partial charge is 0.389 e. The molecular weight excluding hydrogens is 286 g/mol. The van der Waals surface area contributed by atoms with E-state index in [0.29, 0.717) is 10.6 Å². The monoisotopic (exact) mass is 303 g/mol. The zero-order valence-electron chi connectivity index (χ0n) is 11.6. The number of hydrogen-bond acceptors (Lipinski definition) is 5. The van der Waals surface area contributed by atoms with E-state index in [1.165, 1.54) is 12.4 Å². The summed E-state index contributed by atoms with van der Waals surface area (Å²) in [5, 5.41) is 0. The van der Waals surface area contributed by atoms with Gasteiger partial charge in [-0.05, 0) is 30.7 Å². The van der Waals surface area contributed by atoms with Gasteiger partial charge in [-0.2, -0.15) is 0 Å². The molecule has 0 fully saturated rings. The number of aryl methyl sites for hydroxylation is 1. The number of carbonyl (C=O) groups excluding carboxylic acids is 1. The number of hydrazine groups is 1. The molecule has 2 rings (SSSR count). The summed E-state index contributed by atoms with van der Waals surface area (Å²) in [6.45, 7) is 2.05. The van der Waals surface area contributed by atoms with Crippen LogP contribution < -0.4 is 17.0 Å². The third-order valence-electron chi connectivity index (χ3n) is 2.54. The Bertz CT molecular complexity index is 603. The summed E-state index contributed by atoms with van der Waals surface area (Å²) in [5.41, 5.74) is 9.89. The Balaban J connectivity index is 0.000000211. The van der Waals surface area contributed by atoms with Gasteiger partial charge in [-0.3, -0.25) is 20.2 Å². The van der Waals surface area contributed by atoms with Gasteiger partial charge in [0.1, 0.15) is 4.99 Å². The van der Waals surface area contributed by atoms with Crippen molar-refractivity contribution in [2.75, 3.05) is 0 Å². The molecule has 0 saturated heterocycles. The maximum absolute atomic E-state index is 10.7. The van der Waals surface area contributed by atoms with Crippen molar-refractivity contribution in [2.24, 2.45) is 11.6 Å². The molecule has 0 aliphatic heterocycles. The fraction of sp³-hybridized carbons (Fsp3) is 0.143. The number of thiocarbonyl (C=S) groups is 1. The highest BCUT2D eigenvalue weighted by atomic mass is 32.1. The van der Waals surface area contributed by atoms with Gasteiger partial charge in [0.15, 0.2) is 0 Å². The van der Waals surface area contributed by atoms with Gasteiger partial charge in [0.25, 0.3) is 5.91 Å². The van der Waals surface area contributed by atoms with Crippen LogP contribution in [0, 0.1) is 0 Å². The quantitative estimate of drug-likeness (QED) is 0.337. The van der Waals surface area contributed by atoms with Crippen LogP contribution in [0.25, 0.3) is 0 Å². The number of carbonyl (C=O) groups is 1. The molecule has 5 N–H and O–H groups in total. The van der Waals surface area contributed by atoms with Crippen LogP contribution in [0.2, 0.25) is 0 Å². The van der Waals surface area contributed by atoms with E-state index in [9.17, 15) is 4.79 Å². The Kier molecular flexibility index (Phi) is 6.93. The first kappa shape index (κ1) is 16.7. The second kappa shape index (κ2) is 8.72. The molecule has 0 bridgehead atoms. The van der Waals surface area contributed by atoms with E-state index in [2.05, 4.69) is 9.97 Å². The van der Waals surface area contributed by atoms with Gasteiger partial charge in [0, 0.05) is 35.4 Å². The molecule has 7 heteroatoms. The lowest BCUT2D eigenvalue weighted by atomic mass is 10.2. The van der Waals surface area contributed by atoms with Crippen molar-refractivity contribution < 1.29 is 4.79 Å². The molecule has 0 saturated carbocycles. The predicted molar refractivity (Wildman–Crippen MR) is 85.4 cm³/mol. The molecule has 0 aliphatic carbocycles. The van der Waals surface area contributed by atoms with Gasteiger partial charge in [-0.15, -0.1) is 0 Å². The fourth-order valence-corrected chi connectivity index (χ4v) is 1.54. The molecular formula is C14H17N5OS. The van der Waals surface area contributed by atoms with Crippen molar-refractivity contribution in [3.63, 3.8) is 0 Å². The van der Waals surface area contributed by atoms with Gasteiger partial charge in [0.05, 0.1) is 0 Å². The van der Waals surface area contributed by atoms with E-state index in [4.69, 9.17) is 23.8 Å². The molecule has 1 amide bonds. The van der Waals surface area contributed by atoms with Crippen LogP contribution in [0.5, 0.6) is 0 Å². The van der Waals surface area contributed by atoms with E-state index in [0.717, 1.165) is 17.7 Å². The Morgan fingerprint density at radius 3 is 2.38 bits per heavy atom. The summed E-state index contributed by atoms with van der Waals surface area (Å²) in [7, 11) is 0. The highest BCUT2D eigenvalue weighted by molar-refractivity contribution is 7.80. The maximum atomic E-state index is 10.7. The lowest BCUT2D eigenvalue weighted by Gasteiger charge is -1.99. The van der Waals surface area contributed by atoms with Crippen LogP contribution >= 0.6 is 12.2 Å². The molecule has 2 aromatic rings. The molecule has 0 radical (unpaired) electrons. The number of rotatable bonds is 3. The first-order valence-corrected chi connectivity index (χ1v) is 6.65. The molecule has 0 aliphatic rings. The number of pyridine rings is 2. The molecule has 2 heterocycles. The molecule has 0 aromatic carbocycles. The predicted octanol–water partition coefficient (Wildman–Crippen LogP) is 0.963. The normalized spacial score (nSPS) is 9.24. The van der Waals surface area contributed by atoms with Gasteiger partial charge >= 0.3 is 0 Å². The number of hydrogen-bond donors (Lipinski definition) is 3. The second-order valence-corrected chi connectivity index (χ2v) is 4.40. The zero-order valence-corrected chi connectivity index (χ0v) is 12.4. The van der Waals surface area contributed by atoms with Crippen molar-refractivity contribution in [1.82, 2.24) is 15.4 Å². The SMILES string of the molecule is CCc1cc(C(N)=S)ccn1.NNC(=O)c1ccncc1. The van der Waals surface area contributed by atoms with E-state index >= 15 is 0 Å². The van der Waals surface area contributed by atoms with Crippen molar-refractivity contribution in [1.29, 1.82) is 0 Å². The summed E-state index contributed by atoms with van der Waals surface area (Å²) in [6.07, 6.45) is 5.71. The van der Waals surface area contributed by atoms with Crippen LogP contribution in [-0.4, -0.2) is 20.9 Å². The van der Waals surface area contributed by atoms with E-state index in [1.807, 2.05) is 24.5 Å². The van der Waals surface area contributed by atoms with Gasteiger partial charge in [-0.1, -0.05) is 19.1 Å². The first-order valence-electron chi connectivity index (χ1n) is 6.24. The minimum absolute atomic E-state index is 0.303. The molecule has 110 valence electrons. The molecule has 2 aromatic heterocycles. The number of amides is 1. The highest BCUT2D eigenvalue weighted by Crippen LogP contribution is 2.01. The summed E-state index contributed by atoms with van der Waals surface area (Å²) in [4.78, 5) is 19.0. The number of nitrogens with one attached hydrogen (secondary N) is 1. The number of nitrogens with zero attached hydrogens (tertiary/aromatic N) is 2. The van der Waals surface area contributed by atoms with Crippen molar-refractivity contribution in [3.8, 4) is 0 Å². The van der Waals surface area contributed by atoms with Crippen LogP contribution in [-0.2, 0) is 6.42 Å². The van der Waals surface area contributed by atoms with E-state index in [1.54, 1.807) is 18.3 Å². The Labute approximate surface area is 128 Å². The summed E-state index contributed by atoms with van der Waals surface area (Å²) in [5.74, 6) is 4.58. The minimum atomic E-state index is -0.303. The average Bonchev–Trinajstić information content (AvgIpc) is 2.55. The fourth-order valence-electron chi connectivity index (χ4n) is 1.41. The average molecular weight is 303 g/mol. The smallest absolute Gasteiger partial charge is 0.265 e. The lowest BCUT2D eigenvalue weighted by Crippen LogP contribution is -2.29. The third-order valence-corrected chi connectivity index (χ3v) is 2.77. The Morgan fingerprint density at radius 2 is 1.86 bits per heavy atom. The second-order valence-electron chi connectivity index (χ2n) is 3.96. The van der Waals surface area contributed by atoms with Crippen LogP contribution in [0.1, 0.15) is 28.5 Å². The van der Waals surface area contributed by atoms with Gasteiger partial charge < -0.3 is 5.73 Å². The molecule has 6 nitrogen and oxygen atoms in total. The van der Waals surface area contributed by atoms with Crippen molar-refractivity contribution >= 4 is 23.1 Å². The topological polar surface area (TPSA) is 107 Å². The first-order chi connectivity index (χ1) is 10.1. The van der Waals surface area contributed by atoms with Crippen LogP contribution in [0.4, 0.5) is 0 Å². The van der Waals surface area contributed by atoms with Crippen LogP contribution in [0.15, 0.2) is 42.9 Å². The van der Waals surface area contributed by atoms with E-state index in [-0.39, 0.29) is 5.91 Å². The Hall–Kier alpha value is -2.38. The summed E-state index contributed by atoms with van der Waals surface area (Å²) >= 11 is 4.82. The molecule has 0 unspecified atom stereocenters. The maximum Gasteiger partial charge on any atom is 0.265 e. The molecule has 0 spiro atoms. The van der Waals surface area contributed by atoms with Crippen LogP contribution in [0.3, 0.4) is 0 Å². The highest BCUT2D eigenvalue weighted by Gasteiger charge is 1.99. The van der Waals surface area contributed by atoms with E-state index < -0.39 is 0 Å². The van der Waals surface area contributed by atoms with Gasteiger partial charge in [0.2, 0.25) is 0 Å².